The molecule has 2 aliphatic rings. The largest absolute Gasteiger partial charge is 0.402 e. The molecule has 2 aromatic rings. The first kappa shape index (κ1) is 17.2. The number of aromatic nitrogens is 1. The molecule has 4 rings (SSSR count). The minimum Gasteiger partial charge on any atom is -0.402 e. The van der Waals surface area contributed by atoms with Crippen LogP contribution in [-0.2, 0) is 9.53 Å². The second-order valence-electron chi connectivity index (χ2n) is 6.04. The molecule has 1 aromatic carbocycles. The quantitative estimate of drug-likeness (QED) is 0.579. The number of benzene rings is 1. The average molecular weight is 392 g/mol. The van der Waals surface area contributed by atoms with Crippen LogP contribution in [0.1, 0.15) is 29.7 Å². The van der Waals surface area contributed by atoms with E-state index in [1.807, 2.05) is 0 Å². The number of piperidine rings is 1. The van der Waals surface area contributed by atoms with Gasteiger partial charge < -0.3 is 9.64 Å². The summed E-state index contributed by atoms with van der Waals surface area (Å²) in [6.07, 6.45) is 5.11. The summed E-state index contributed by atoms with van der Waals surface area (Å²) in [5.41, 5.74) is 0.688. The Bertz CT molecular complexity index is 902. The van der Waals surface area contributed by atoms with E-state index in [0.29, 0.717) is 15.6 Å². The highest BCUT2D eigenvalue weighted by Gasteiger charge is 2.25. The summed E-state index contributed by atoms with van der Waals surface area (Å²) in [6.45, 7) is 1.93. The van der Waals surface area contributed by atoms with Crippen molar-refractivity contribution in [1.29, 1.82) is 0 Å². The van der Waals surface area contributed by atoms with E-state index in [1.165, 1.54) is 42.0 Å². The number of ether oxygens (including phenoxy) is 1. The first-order chi connectivity index (χ1) is 12.6. The number of carbonyl (C=O) groups is 1. The molecule has 1 fully saturated rings. The van der Waals surface area contributed by atoms with Gasteiger partial charge in [-0.1, -0.05) is 22.9 Å². The Labute approximate surface area is 158 Å². The maximum atomic E-state index is 13.0. The van der Waals surface area contributed by atoms with Crippen LogP contribution in [0.5, 0.6) is 0 Å². The van der Waals surface area contributed by atoms with Gasteiger partial charge in [-0.3, -0.25) is 0 Å². The second kappa shape index (κ2) is 7.17. The minimum atomic E-state index is -0.562. The van der Waals surface area contributed by atoms with Crippen molar-refractivity contribution in [2.75, 3.05) is 18.0 Å². The molecule has 0 aliphatic carbocycles. The number of carbonyl (C=O) groups excluding carboxylic acids is 1. The van der Waals surface area contributed by atoms with Crippen molar-refractivity contribution in [3.05, 3.63) is 51.4 Å². The number of thiazole rings is 1. The van der Waals surface area contributed by atoms with Crippen molar-refractivity contribution >= 4 is 46.0 Å². The van der Waals surface area contributed by atoms with E-state index in [2.05, 4.69) is 14.9 Å². The van der Waals surface area contributed by atoms with Crippen LogP contribution < -0.4 is 4.90 Å². The number of hydrogen-bond acceptors (Lipinski definition) is 6. The smallest absolute Gasteiger partial charge is 0.363 e. The number of aliphatic imine (C=N–C) groups is 1. The Hall–Kier alpha value is -2.25. The number of cyclic esters (lactones) is 1. The van der Waals surface area contributed by atoms with Crippen LogP contribution in [0.25, 0.3) is 6.08 Å². The molecule has 5 nitrogen and oxygen atoms in total. The molecule has 0 radical (unpaired) electrons. The highest BCUT2D eigenvalue weighted by molar-refractivity contribution is 7.17. The Kier molecular flexibility index (Phi) is 4.74. The number of esters is 1. The van der Waals surface area contributed by atoms with Gasteiger partial charge >= 0.3 is 5.97 Å². The van der Waals surface area contributed by atoms with Gasteiger partial charge in [0.25, 0.3) is 0 Å². The molecule has 0 amide bonds. The van der Waals surface area contributed by atoms with Crippen LogP contribution in [0.3, 0.4) is 0 Å². The van der Waals surface area contributed by atoms with Crippen LogP contribution in [0.2, 0.25) is 5.15 Å². The van der Waals surface area contributed by atoms with E-state index in [1.54, 1.807) is 6.08 Å². The van der Waals surface area contributed by atoms with Gasteiger partial charge in [0.05, 0.1) is 4.88 Å². The highest BCUT2D eigenvalue weighted by Crippen LogP contribution is 2.33. The number of halogens is 2. The van der Waals surface area contributed by atoms with Crippen LogP contribution >= 0.6 is 22.9 Å². The maximum Gasteiger partial charge on any atom is 0.363 e. The van der Waals surface area contributed by atoms with E-state index < -0.39 is 5.97 Å². The third-order valence-corrected chi connectivity index (χ3v) is 5.67. The number of anilines is 1. The first-order valence-electron chi connectivity index (χ1n) is 8.30. The summed E-state index contributed by atoms with van der Waals surface area (Å²) >= 11 is 7.68. The average Bonchev–Trinajstić information content (AvgIpc) is 3.20. The van der Waals surface area contributed by atoms with Crippen LogP contribution in [0.4, 0.5) is 9.52 Å². The monoisotopic (exact) mass is 391 g/mol. The summed E-state index contributed by atoms with van der Waals surface area (Å²) < 4.78 is 18.2. The van der Waals surface area contributed by atoms with Crippen LogP contribution in [0, 0.1) is 5.82 Å². The minimum absolute atomic E-state index is 0.151. The predicted molar refractivity (Wildman–Crippen MR) is 100 cm³/mol. The molecule has 1 saturated heterocycles. The Morgan fingerprint density at radius 1 is 1.19 bits per heavy atom. The molecule has 26 heavy (non-hydrogen) atoms. The fourth-order valence-electron chi connectivity index (χ4n) is 2.86. The Morgan fingerprint density at radius 2 is 1.92 bits per heavy atom. The number of hydrogen-bond donors (Lipinski definition) is 0. The van der Waals surface area contributed by atoms with E-state index in [4.69, 9.17) is 16.3 Å². The summed E-state index contributed by atoms with van der Waals surface area (Å²) in [6, 6.07) is 5.60. The van der Waals surface area contributed by atoms with Crippen molar-refractivity contribution in [2.45, 2.75) is 19.3 Å². The summed E-state index contributed by atoms with van der Waals surface area (Å²) in [5.74, 6) is -0.775. The lowest BCUT2D eigenvalue weighted by Crippen LogP contribution is -2.29. The van der Waals surface area contributed by atoms with Crippen LogP contribution in [-0.4, -0.2) is 29.9 Å². The molecule has 0 unspecified atom stereocenters. The van der Waals surface area contributed by atoms with Gasteiger partial charge in [-0.25, -0.2) is 19.2 Å². The summed E-state index contributed by atoms with van der Waals surface area (Å²) in [7, 11) is 0. The number of rotatable bonds is 3. The second-order valence-corrected chi connectivity index (χ2v) is 7.41. The van der Waals surface area contributed by atoms with E-state index in [-0.39, 0.29) is 17.4 Å². The summed E-state index contributed by atoms with van der Waals surface area (Å²) in [5, 5.41) is 1.21. The maximum absolute atomic E-state index is 13.0. The molecule has 8 heteroatoms. The lowest BCUT2D eigenvalue weighted by Gasteiger charge is -2.25. The van der Waals surface area contributed by atoms with Gasteiger partial charge in [0.1, 0.15) is 11.0 Å². The molecular weight excluding hydrogens is 377 g/mol. The number of nitrogens with zero attached hydrogens (tertiary/aromatic N) is 3. The normalized spacial score (nSPS) is 19.0. The molecule has 0 bridgehead atoms. The van der Waals surface area contributed by atoms with Gasteiger partial charge in [0.2, 0.25) is 5.90 Å². The zero-order chi connectivity index (χ0) is 18.1. The van der Waals surface area contributed by atoms with Gasteiger partial charge in [-0.2, -0.15) is 0 Å². The molecule has 0 atom stereocenters. The first-order valence-corrected chi connectivity index (χ1v) is 9.49. The molecule has 1 aromatic heterocycles. The molecular formula is C18H15ClFN3O2S. The van der Waals surface area contributed by atoms with Gasteiger partial charge in [-0.05, 0) is 49.6 Å². The Balaban J connectivity index is 1.60. The third-order valence-electron chi connectivity index (χ3n) is 4.20. The van der Waals surface area contributed by atoms with Crippen molar-refractivity contribution in [3.8, 4) is 0 Å². The zero-order valence-corrected chi connectivity index (χ0v) is 15.3. The standard InChI is InChI=1S/C18H15ClFN3O2S/c19-15-14(26-18(22-15)23-8-2-1-3-9-23)10-13-17(24)25-16(21-13)11-4-6-12(20)7-5-11/h4-7,10H,1-3,8-9H2/b13-10-. The fourth-order valence-corrected chi connectivity index (χ4v) is 4.11. The van der Waals surface area contributed by atoms with E-state index in [0.717, 1.165) is 31.1 Å². The van der Waals surface area contributed by atoms with Crippen molar-refractivity contribution in [1.82, 2.24) is 4.98 Å². The van der Waals surface area contributed by atoms with Crippen LogP contribution in [0.15, 0.2) is 35.0 Å². The van der Waals surface area contributed by atoms with Gasteiger partial charge in [-0.15, -0.1) is 0 Å². The molecule has 0 spiro atoms. The molecule has 3 heterocycles. The lowest BCUT2D eigenvalue weighted by molar-refractivity contribution is -0.129. The van der Waals surface area contributed by atoms with Gasteiger partial charge in [0, 0.05) is 18.7 Å². The van der Waals surface area contributed by atoms with Crippen molar-refractivity contribution in [2.24, 2.45) is 4.99 Å². The molecule has 134 valence electrons. The fraction of sp³-hybridized carbons (Fsp3) is 0.278. The topological polar surface area (TPSA) is 54.8 Å². The molecule has 0 saturated carbocycles. The summed E-state index contributed by atoms with van der Waals surface area (Å²) in [4.78, 5) is 23.6. The van der Waals surface area contributed by atoms with E-state index >= 15 is 0 Å². The zero-order valence-electron chi connectivity index (χ0n) is 13.7. The SMILES string of the molecule is O=C1OC(c2ccc(F)cc2)=N/C1=C\c1sc(N2CCCCC2)nc1Cl. The molecule has 0 N–H and O–H groups in total. The molecule has 2 aliphatic heterocycles. The Morgan fingerprint density at radius 3 is 2.65 bits per heavy atom. The third kappa shape index (κ3) is 3.50. The van der Waals surface area contributed by atoms with Crippen molar-refractivity contribution in [3.63, 3.8) is 0 Å². The van der Waals surface area contributed by atoms with Crippen molar-refractivity contribution < 1.29 is 13.9 Å². The van der Waals surface area contributed by atoms with Gasteiger partial charge in [0.15, 0.2) is 10.8 Å². The van der Waals surface area contributed by atoms with E-state index in [9.17, 15) is 9.18 Å². The lowest BCUT2D eigenvalue weighted by atomic mass is 10.1. The highest BCUT2D eigenvalue weighted by atomic mass is 35.5. The predicted octanol–water partition coefficient (Wildman–Crippen LogP) is 4.27.